The van der Waals surface area contributed by atoms with Crippen LogP contribution in [0.1, 0.15) is 11.1 Å². The molecular weight excluding hydrogens is 536 g/mol. The second-order valence-electron chi connectivity index (χ2n) is 8.51. The van der Waals surface area contributed by atoms with Gasteiger partial charge in [0.25, 0.3) is 11.8 Å². The predicted octanol–water partition coefficient (Wildman–Crippen LogP) is 6.21. The number of carbonyl (C=O) groups is 3. The van der Waals surface area contributed by atoms with Crippen LogP contribution in [-0.2, 0) is 9.59 Å². The van der Waals surface area contributed by atoms with Gasteiger partial charge in [-0.3, -0.25) is 9.59 Å². The number of phenolic OH excluding ortho intramolecular Hbond substituents is 1. The molecule has 4 amide bonds. The molecule has 0 bridgehead atoms. The molecule has 1 aliphatic heterocycles. The Balaban J connectivity index is 1.73. The number of amides is 4. The third-order valence-electron chi connectivity index (χ3n) is 6.10. The third-order valence-corrected chi connectivity index (χ3v) is 6.70. The van der Waals surface area contributed by atoms with Crippen LogP contribution in [0, 0.1) is 6.92 Å². The lowest BCUT2D eigenvalue weighted by molar-refractivity contribution is -0.121. The van der Waals surface area contributed by atoms with Gasteiger partial charge >= 0.3 is 6.03 Å². The molecule has 0 aliphatic carbocycles. The van der Waals surface area contributed by atoms with Crippen molar-refractivity contribution < 1.29 is 24.2 Å². The summed E-state index contributed by atoms with van der Waals surface area (Å²) in [5.74, 6) is -1.45. The van der Waals surface area contributed by atoms with Crippen molar-refractivity contribution >= 4 is 62.0 Å². The number of halogens is 1. The Labute approximate surface area is 221 Å². The summed E-state index contributed by atoms with van der Waals surface area (Å²) < 4.78 is 5.54. The number of benzene rings is 4. The molecule has 1 aliphatic rings. The molecule has 184 valence electrons. The molecule has 0 spiro atoms. The van der Waals surface area contributed by atoms with E-state index in [9.17, 15) is 19.5 Å². The van der Waals surface area contributed by atoms with Crippen LogP contribution in [0.5, 0.6) is 11.5 Å². The summed E-state index contributed by atoms with van der Waals surface area (Å²) in [7, 11) is 1.40. The van der Waals surface area contributed by atoms with E-state index in [0.717, 1.165) is 20.7 Å². The number of aryl methyl sites for hydroxylation is 1. The highest BCUT2D eigenvalue weighted by Crippen LogP contribution is 2.37. The molecule has 1 fully saturated rings. The zero-order valence-electron chi connectivity index (χ0n) is 19.9. The summed E-state index contributed by atoms with van der Waals surface area (Å²) in [6.45, 7) is 1.85. The van der Waals surface area contributed by atoms with Crippen molar-refractivity contribution in [1.29, 1.82) is 0 Å². The van der Waals surface area contributed by atoms with Crippen molar-refractivity contribution in [3.8, 4) is 11.5 Å². The third kappa shape index (κ3) is 4.25. The van der Waals surface area contributed by atoms with E-state index in [1.54, 1.807) is 36.4 Å². The number of hydrogen-bond acceptors (Lipinski definition) is 5. The summed E-state index contributed by atoms with van der Waals surface area (Å²) in [6, 6.07) is 22.0. The number of carbonyl (C=O) groups excluding carboxylic acids is 3. The second-order valence-corrected chi connectivity index (χ2v) is 9.37. The lowest BCUT2D eigenvalue weighted by Crippen LogP contribution is -2.57. The van der Waals surface area contributed by atoms with Gasteiger partial charge in [0, 0.05) is 5.39 Å². The zero-order valence-corrected chi connectivity index (χ0v) is 21.5. The van der Waals surface area contributed by atoms with E-state index in [0.29, 0.717) is 26.8 Å². The number of nitrogens with zero attached hydrogens (tertiary/aromatic N) is 2. The first-order valence-corrected chi connectivity index (χ1v) is 12.1. The number of urea groups is 1. The van der Waals surface area contributed by atoms with Crippen molar-refractivity contribution in [2.75, 3.05) is 16.9 Å². The van der Waals surface area contributed by atoms with Crippen LogP contribution >= 0.6 is 15.9 Å². The Morgan fingerprint density at radius 2 is 1.57 bits per heavy atom. The average molecular weight is 557 g/mol. The molecular formula is C29H21BrN2O5. The summed E-state index contributed by atoms with van der Waals surface area (Å²) in [6.07, 6.45) is 1.39. The average Bonchev–Trinajstić information content (AvgIpc) is 2.89. The molecule has 1 saturated heterocycles. The number of fused-ring (bicyclic) bond motifs is 1. The summed E-state index contributed by atoms with van der Waals surface area (Å²) in [4.78, 5) is 43.4. The highest BCUT2D eigenvalue weighted by Gasteiger charge is 2.44. The van der Waals surface area contributed by atoms with Gasteiger partial charge in [-0.25, -0.2) is 14.6 Å². The Morgan fingerprint density at radius 3 is 2.32 bits per heavy atom. The standard InChI is InChI=1S/C29H21BrN2O5/c1-17-7-5-10-20(13-17)31-27(34)22(14-18-15-23(30)26(33)25(16-18)37-2)28(35)32(29(31)36)24-12-6-9-19-8-3-4-11-21(19)24/h3-16,33H,1-2H3/b22-14+. The van der Waals surface area contributed by atoms with Crippen molar-refractivity contribution in [3.63, 3.8) is 0 Å². The fraction of sp³-hybridized carbons (Fsp3) is 0.0690. The molecule has 7 nitrogen and oxygen atoms in total. The monoisotopic (exact) mass is 556 g/mol. The van der Waals surface area contributed by atoms with Gasteiger partial charge in [-0.15, -0.1) is 0 Å². The zero-order chi connectivity index (χ0) is 26.3. The molecule has 1 heterocycles. The first kappa shape index (κ1) is 24.3. The van der Waals surface area contributed by atoms with Crippen molar-refractivity contribution in [3.05, 3.63) is 100 Å². The minimum atomic E-state index is -0.765. The molecule has 0 unspecified atom stereocenters. The van der Waals surface area contributed by atoms with Gasteiger partial charge in [0.05, 0.1) is 23.0 Å². The fourth-order valence-electron chi connectivity index (χ4n) is 4.34. The maximum absolute atomic E-state index is 13.8. The van der Waals surface area contributed by atoms with Gasteiger partial charge in [-0.2, -0.15) is 0 Å². The van der Waals surface area contributed by atoms with Gasteiger partial charge in [0.15, 0.2) is 11.5 Å². The Hall–Kier alpha value is -4.43. The summed E-state index contributed by atoms with van der Waals surface area (Å²) in [5, 5.41) is 11.7. The lowest BCUT2D eigenvalue weighted by atomic mass is 10.0. The molecule has 37 heavy (non-hydrogen) atoms. The molecule has 4 aromatic carbocycles. The van der Waals surface area contributed by atoms with Gasteiger partial charge in [0.1, 0.15) is 5.57 Å². The number of aromatic hydroxyl groups is 1. The van der Waals surface area contributed by atoms with E-state index in [2.05, 4.69) is 15.9 Å². The largest absolute Gasteiger partial charge is 0.503 e. The van der Waals surface area contributed by atoms with E-state index < -0.39 is 17.8 Å². The molecule has 0 radical (unpaired) electrons. The van der Waals surface area contributed by atoms with Crippen LogP contribution in [0.3, 0.4) is 0 Å². The number of methoxy groups -OCH3 is 1. The van der Waals surface area contributed by atoms with E-state index in [1.807, 2.05) is 43.3 Å². The summed E-state index contributed by atoms with van der Waals surface area (Å²) >= 11 is 3.27. The quantitative estimate of drug-likeness (QED) is 0.238. The van der Waals surface area contributed by atoms with Crippen molar-refractivity contribution in [1.82, 2.24) is 0 Å². The van der Waals surface area contributed by atoms with Crippen LogP contribution in [0.25, 0.3) is 16.8 Å². The molecule has 4 aromatic rings. The molecule has 5 rings (SSSR count). The Bertz CT molecular complexity index is 1620. The number of ether oxygens (including phenoxy) is 1. The highest BCUT2D eigenvalue weighted by atomic mass is 79.9. The van der Waals surface area contributed by atoms with Gasteiger partial charge in [-0.05, 0) is 75.8 Å². The van der Waals surface area contributed by atoms with Crippen LogP contribution in [0.2, 0.25) is 0 Å². The van der Waals surface area contributed by atoms with Crippen molar-refractivity contribution in [2.24, 2.45) is 0 Å². The van der Waals surface area contributed by atoms with Gasteiger partial charge < -0.3 is 9.84 Å². The first-order chi connectivity index (χ1) is 17.8. The summed E-state index contributed by atoms with van der Waals surface area (Å²) in [5.41, 5.74) is 1.78. The number of phenols is 1. The van der Waals surface area contributed by atoms with Crippen molar-refractivity contribution in [2.45, 2.75) is 6.92 Å². The molecule has 0 atom stereocenters. The normalized spacial score (nSPS) is 15.1. The highest BCUT2D eigenvalue weighted by molar-refractivity contribution is 9.10. The van der Waals surface area contributed by atoms with Gasteiger partial charge in [-0.1, -0.05) is 48.5 Å². The molecule has 0 aromatic heterocycles. The topological polar surface area (TPSA) is 87.2 Å². The van der Waals surface area contributed by atoms with E-state index in [4.69, 9.17) is 4.74 Å². The Morgan fingerprint density at radius 1 is 0.865 bits per heavy atom. The van der Waals surface area contributed by atoms with E-state index in [1.165, 1.54) is 19.3 Å². The van der Waals surface area contributed by atoms with Gasteiger partial charge in [0.2, 0.25) is 0 Å². The minimum Gasteiger partial charge on any atom is -0.503 e. The number of barbiturate groups is 1. The number of anilines is 2. The maximum atomic E-state index is 13.8. The minimum absolute atomic E-state index is 0.111. The smallest absolute Gasteiger partial charge is 0.343 e. The number of rotatable bonds is 4. The maximum Gasteiger partial charge on any atom is 0.343 e. The molecule has 8 heteroatoms. The van der Waals surface area contributed by atoms with Crippen LogP contribution < -0.4 is 14.5 Å². The number of hydrogen-bond donors (Lipinski definition) is 1. The predicted molar refractivity (Wildman–Crippen MR) is 146 cm³/mol. The molecule has 0 saturated carbocycles. The fourth-order valence-corrected chi connectivity index (χ4v) is 4.80. The van der Waals surface area contributed by atoms with Crippen LogP contribution in [0.4, 0.5) is 16.2 Å². The molecule has 1 N–H and O–H groups in total. The second kappa shape index (κ2) is 9.55. The van der Waals surface area contributed by atoms with E-state index >= 15 is 0 Å². The first-order valence-electron chi connectivity index (χ1n) is 11.4. The SMILES string of the molecule is COc1cc(/C=C2\C(=O)N(c3cccc(C)c3)C(=O)N(c3cccc4ccccc34)C2=O)cc(Br)c1O. The number of imide groups is 2. The lowest BCUT2D eigenvalue weighted by Gasteiger charge is -2.34. The van der Waals surface area contributed by atoms with Crippen LogP contribution in [0.15, 0.2) is 88.9 Å². The van der Waals surface area contributed by atoms with E-state index in [-0.39, 0.29) is 17.1 Å². The Kier molecular flexibility index (Phi) is 6.27. The van der Waals surface area contributed by atoms with Crippen LogP contribution in [-0.4, -0.2) is 30.1 Å².